The zero-order valence-electron chi connectivity index (χ0n) is 4.52. The van der Waals surface area contributed by atoms with Crippen LogP contribution in [0, 0.1) is 0 Å². The molecule has 39 valence electrons. The Labute approximate surface area is 61.5 Å². The van der Waals surface area contributed by atoms with E-state index < -0.39 is 0 Å². The van der Waals surface area contributed by atoms with E-state index in [4.69, 9.17) is 0 Å². The second-order valence-electron chi connectivity index (χ2n) is 1.28. The van der Waals surface area contributed by atoms with Crippen LogP contribution in [0.4, 0.5) is 0 Å². The molecular weight excluding hydrogens is 161 g/mol. The van der Waals surface area contributed by atoms with Gasteiger partial charge in [0.25, 0.3) is 0 Å². The van der Waals surface area contributed by atoms with Crippen molar-refractivity contribution in [2.75, 3.05) is 0 Å². The van der Waals surface area contributed by atoms with Crippen molar-refractivity contribution >= 4 is 12.4 Å². The molecule has 0 amide bonds. The third kappa shape index (κ3) is 10.8. The summed E-state index contributed by atoms with van der Waals surface area (Å²) >= 11 is 1.44. The van der Waals surface area contributed by atoms with Gasteiger partial charge in [-0.25, -0.2) is 0 Å². The third-order valence-electron chi connectivity index (χ3n) is 0.658. The smallest absolute Gasteiger partial charge is 0.147 e. The van der Waals surface area contributed by atoms with Gasteiger partial charge in [0.15, 0.2) is 0 Å². The second-order valence-corrected chi connectivity index (χ2v) is 2.77. The van der Waals surface area contributed by atoms with Gasteiger partial charge >= 0.3 is 48.8 Å². The van der Waals surface area contributed by atoms with Crippen LogP contribution in [0.15, 0.2) is 12.7 Å². The van der Waals surface area contributed by atoms with Crippen LogP contribution in [0.5, 0.6) is 0 Å². The molecule has 0 spiro atoms. The normalized spacial score (nSPS) is 7.14. The number of halogens is 1. The summed E-state index contributed by atoms with van der Waals surface area (Å²) in [6.07, 6.45) is 4.54. The summed E-state index contributed by atoms with van der Waals surface area (Å²) in [6, 6.07) is 0. The van der Waals surface area contributed by atoms with E-state index in [-0.39, 0.29) is 12.4 Å². The Morgan fingerprint density at radius 3 is 2.29 bits per heavy atom. The molecule has 0 heterocycles. The zero-order valence-corrected chi connectivity index (χ0v) is 8.30. The fraction of sp³-hybridized carbons (Fsp3) is 0.600. The van der Waals surface area contributed by atoms with Crippen molar-refractivity contribution < 1.29 is 18.3 Å². The van der Waals surface area contributed by atoms with Gasteiger partial charge in [0.05, 0.1) is 0 Å². The van der Waals surface area contributed by atoms with E-state index in [1.54, 1.807) is 0 Å². The molecule has 2 heteroatoms. The van der Waals surface area contributed by atoms with E-state index in [0.717, 1.165) is 0 Å². The Hall–Kier alpha value is 0.653. The molecule has 0 bridgehead atoms. The monoisotopic (exact) mass is 169 g/mol. The first-order valence-electron chi connectivity index (χ1n) is 2.32. The first-order valence-corrected chi connectivity index (χ1v) is 4.41. The van der Waals surface area contributed by atoms with Crippen LogP contribution in [-0.4, -0.2) is 0 Å². The molecule has 0 saturated heterocycles. The minimum atomic E-state index is 0. The molecular formula is C5H10ClZn. The molecule has 0 aliphatic carbocycles. The van der Waals surface area contributed by atoms with Crippen LogP contribution in [0.1, 0.15) is 12.8 Å². The van der Waals surface area contributed by atoms with Gasteiger partial charge in [-0.05, 0) is 0 Å². The Balaban J connectivity index is 0. The summed E-state index contributed by atoms with van der Waals surface area (Å²) in [7, 11) is 0. The third-order valence-corrected chi connectivity index (χ3v) is 1.71. The molecule has 0 saturated carbocycles. The van der Waals surface area contributed by atoms with Crippen molar-refractivity contribution in [2.24, 2.45) is 0 Å². The number of allylic oxidation sites excluding steroid dienone is 1. The van der Waals surface area contributed by atoms with Crippen molar-refractivity contribution in [1.29, 1.82) is 0 Å². The van der Waals surface area contributed by atoms with Crippen LogP contribution in [0.2, 0.25) is 5.02 Å². The summed E-state index contributed by atoms with van der Waals surface area (Å²) in [5.74, 6) is 0. The molecule has 0 aromatic carbocycles. The minimum Gasteiger partial charge on any atom is -0.147 e. The Morgan fingerprint density at radius 1 is 1.57 bits per heavy atom. The van der Waals surface area contributed by atoms with Crippen molar-refractivity contribution in [3.63, 3.8) is 0 Å². The van der Waals surface area contributed by atoms with Crippen molar-refractivity contribution in [3.05, 3.63) is 12.7 Å². The topological polar surface area (TPSA) is 0 Å². The van der Waals surface area contributed by atoms with Crippen molar-refractivity contribution in [1.82, 2.24) is 0 Å². The molecule has 0 N–H and O–H groups in total. The van der Waals surface area contributed by atoms with E-state index >= 15 is 0 Å². The van der Waals surface area contributed by atoms with Gasteiger partial charge in [0, 0.05) is 0 Å². The quantitative estimate of drug-likeness (QED) is 0.347. The summed E-state index contributed by atoms with van der Waals surface area (Å²) in [5.41, 5.74) is 0. The van der Waals surface area contributed by atoms with Crippen LogP contribution in [-0.2, 0) is 18.3 Å². The molecule has 0 fully saturated rings. The van der Waals surface area contributed by atoms with Gasteiger partial charge < -0.3 is 0 Å². The van der Waals surface area contributed by atoms with Crippen molar-refractivity contribution in [3.8, 4) is 0 Å². The molecule has 0 aliphatic heterocycles. The summed E-state index contributed by atoms with van der Waals surface area (Å²) in [5, 5.41) is 1.41. The first-order chi connectivity index (χ1) is 2.91. The fourth-order valence-electron chi connectivity index (χ4n) is 0.289. The average Bonchev–Trinajstić information content (AvgIpc) is 1.61. The van der Waals surface area contributed by atoms with E-state index in [1.807, 2.05) is 6.08 Å². The average molecular weight is 171 g/mol. The molecule has 0 atom stereocenters. The maximum Gasteiger partial charge on any atom is -0.147 e. The van der Waals surface area contributed by atoms with Gasteiger partial charge in [-0.1, -0.05) is 0 Å². The van der Waals surface area contributed by atoms with E-state index in [0.29, 0.717) is 0 Å². The Morgan fingerprint density at radius 2 is 2.14 bits per heavy atom. The molecule has 0 aromatic rings. The zero-order chi connectivity index (χ0) is 4.83. The summed E-state index contributed by atoms with van der Waals surface area (Å²) in [4.78, 5) is 0. The molecule has 0 radical (unpaired) electrons. The fourth-order valence-corrected chi connectivity index (χ4v) is 0.894. The number of hydrogen-bond donors (Lipinski definition) is 0. The molecule has 0 unspecified atom stereocenters. The number of rotatable bonds is 3. The molecule has 0 aromatic heterocycles. The van der Waals surface area contributed by atoms with Crippen LogP contribution >= 0.6 is 12.4 Å². The van der Waals surface area contributed by atoms with Gasteiger partial charge in [0.1, 0.15) is 0 Å². The standard InChI is InChI=1S/C5H9.ClH.Zn/c1-3-5-4-2;;/h3H,1-2,4-5H2;1H;. The SMILES string of the molecule is C=CCC[CH2][Zn].Cl. The maximum absolute atomic E-state index is 3.61. The molecule has 0 nitrogen and oxygen atoms in total. The second kappa shape index (κ2) is 9.82. The largest absolute Gasteiger partial charge is 0.147 e. The van der Waals surface area contributed by atoms with Gasteiger partial charge in [-0.3, -0.25) is 0 Å². The van der Waals surface area contributed by atoms with Gasteiger partial charge in [-0.15, -0.1) is 12.4 Å². The summed E-state index contributed by atoms with van der Waals surface area (Å²) < 4.78 is 0. The molecule has 7 heavy (non-hydrogen) atoms. The van der Waals surface area contributed by atoms with Gasteiger partial charge in [0.2, 0.25) is 0 Å². The predicted octanol–water partition coefficient (Wildman–Crippen LogP) is 2.34. The minimum absolute atomic E-state index is 0. The first kappa shape index (κ1) is 10.6. The number of hydrogen-bond acceptors (Lipinski definition) is 0. The van der Waals surface area contributed by atoms with E-state index in [1.165, 1.54) is 36.2 Å². The Bertz CT molecular complexity index is 37.1. The number of unbranched alkanes of at least 4 members (excludes halogenated alkanes) is 1. The van der Waals surface area contributed by atoms with Crippen LogP contribution in [0.3, 0.4) is 0 Å². The van der Waals surface area contributed by atoms with Gasteiger partial charge in [-0.2, -0.15) is 0 Å². The van der Waals surface area contributed by atoms with E-state index in [2.05, 4.69) is 6.58 Å². The molecule has 0 rings (SSSR count). The van der Waals surface area contributed by atoms with E-state index in [9.17, 15) is 0 Å². The van der Waals surface area contributed by atoms with Crippen LogP contribution < -0.4 is 0 Å². The summed E-state index contributed by atoms with van der Waals surface area (Å²) in [6.45, 7) is 3.61. The predicted molar refractivity (Wildman–Crippen MR) is 31.5 cm³/mol. The Kier molecular flexibility index (Phi) is 14.9. The van der Waals surface area contributed by atoms with Crippen molar-refractivity contribution in [2.45, 2.75) is 17.9 Å². The van der Waals surface area contributed by atoms with Crippen LogP contribution in [0.25, 0.3) is 0 Å². The molecule has 0 aliphatic rings. The maximum atomic E-state index is 3.61.